The van der Waals surface area contributed by atoms with Gasteiger partial charge in [-0.25, -0.2) is 9.97 Å². The van der Waals surface area contributed by atoms with Crippen LogP contribution in [0.4, 0.5) is 5.69 Å². The lowest BCUT2D eigenvalue weighted by Gasteiger charge is -2.13. The second kappa shape index (κ2) is 7.06. The van der Waals surface area contributed by atoms with Gasteiger partial charge in [-0.05, 0) is 35.0 Å². The largest absolute Gasteiger partial charge is 0.491 e. The predicted octanol–water partition coefficient (Wildman–Crippen LogP) is 4.20. The number of ether oxygens (including phenoxy) is 1. The molecule has 5 nitrogen and oxygen atoms in total. The van der Waals surface area contributed by atoms with Crippen molar-refractivity contribution in [2.45, 2.75) is 6.92 Å². The lowest BCUT2D eigenvalue weighted by molar-refractivity contribution is 0.102. The first-order valence-corrected chi connectivity index (χ1v) is 7.47. The van der Waals surface area contributed by atoms with Crippen LogP contribution in [0.25, 0.3) is 0 Å². The molecule has 0 bridgehead atoms. The fourth-order valence-electron chi connectivity index (χ4n) is 1.56. The molecule has 0 saturated carbocycles. The summed E-state index contributed by atoms with van der Waals surface area (Å²) in [6, 6.07) is 3.28. The van der Waals surface area contributed by atoms with E-state index in [9.17, 15) is 4.79 Å². The zero-order chi connectivity index (χ0) is 15.4. The maximum atomic E-state index is 12.1. The first kappa shape index (κ1) is 16.0. The molecule has 0 fully saturated rings. The molecule has 0 saturated heterocycles. The normalized spacial score (nSPS) is 10.3. The molecule has 0 atom stereocenters. The molecule has 1 aromatic heterocycles. The molecule has 1 amide bonds. The van der Waals surface area contributed by atoms with Crippen molar-refractivity contribution in [3.63, 3.8) is 0 Å². The minimum absolute atomic E-state index is 0.137. The number of halogens is 3. The van der Waals surface area contributed by atoms with Crippen molar-refractivity contribution in [3.05, 3.63) is 44.9 Å². The average Bonchev–Trinajstić information content (AvgIpc) is 2.43. The van der Waals surface area contributed by atoms with Gasteiger partial charge in [-0.15, -0.1) is 0 Å². The second-order valence-corrected chi connectivity index (χ2v) is 5.55. The number of rotatable bonds is 4. The quantitative estimate of drug-likeness (QED) is 0.849. The van der Waals surface area contributed by atoms with Crippen LogP contribution < -0.4 is 10.1 Å². The lowest BCUT2D eigenvalue weighted by atomic mass is 10.2. The van der Waals surface area contributed by atoms with Crippen molar-refractivity contribution in [1.29, 1.82) is 0 Å². The summed E-state index contributed by atoms with van der Waals surface area (Å²) in [5, 5.41) is 3.36. The molecule has 2 aromatic rings. The second-order valence-electron chi connectivity index (χ2n) is 3.88. The Balaban J connectivity index is 2.29. The van der Waals surface area contributed by atoms with Crippen molar-refractivity contribution in [2.75, 3.05) is 11.9 Å². The summed E-state index contributed by atoms with van der Waals surface area (Å²) in [6.07, 6.45) is 2.59. The molecule has 1 heterocycles. The minimum atomic E-state index is -0.436. The van der Waals surface area contributed by atoms with Gasteiger partial charge >= 0.3 is 0 Å². The fraction of sp³-hybridized carbons (Fsp3) is 0.154. The Morgan fingerprint density at radius 1 is 1.33 bits per heavy atom. The highest BCUT2D eigenvalue weighted by molar-refractivity contribution is 9.10. The Labute approximate surface area is 139 Å². The third-order valence-corrected chi connectivity index (χ3v) is 3.40. The van der Waals surface area contributed by atoms with Crippen molar-refractivity contribution < 1.29 is 9.53 Å². The Kier molecular flexibility index (Phi) is 5.39. The zero-order valence-electron chi connectivity index (χ0n) is 10.9. The van der Waals surface area contributed by atoms with Crippen molar-refractivity contribution in [3.8, 4) is 5.75 Å². The van der Waals surface area contributed by atoms with Crippen molar-refractivity contribution in [2.24, 2.45) is 0 Å². The number of anilines is 1. The highest BCUT2D eigenvalue weighted by Gasteiger charge is 2.15. The van der Waals surface area contributed by atoms with Gasteiger partial charge in [0.15, 0.2) is 5.75 Å². The van der Waals surface area contributed by atoms with E-state index in [1.807, 2.05) is 6.92 Å². The van der Waals surface area contributed by atoms with Gasteiger partial charge in [0, 0.05) is 5.02 Å². The molecule has 2 rings (SSSR count). The molecule has 0 aliphatic carbocycles. The number of aromatic nitrogens is 2. The van der Waals surface area contributed by atoms with Gasteiger partial charge in [0.2, 0.25) is 0 Å². The fourth-order valence-corrected chi connectivity index (χ4v) is 2.58. The Morgan fingerprint density at radius 3 is 2.71 bits per heavy atom. The monoisotopic (exact) mass is 389 g/mol. The third-order valence-electron chi connectivity index (χ3n) is 2.40. The van der Waals surface area contributed by atoms with Gasteiger partial charge in [-0.1, -0.05) is 23.2 Å². The van der Waals surface area contributed by atoms with E-state index in [4.69, 9.17) is 27.9 Å². The summed E-state index contributed by atoms with van der Waals surface area (Å²) < 4.78 is 6.15. The Hall–Kier alpha value is -1.37. The SMILES string of the molecule is CCOc1c(Br)cc(Cl)cc1NC(=O)c1cnc(Cl)cn1. The number of nitrogens with zero attached hydrogens (tertiary/aromatic N) is 2. The maximum Gasteiger partial charge on any atom is 0.275 e. The van der Waals surface area contributed by atoms with Gasteiger partial charge in [-0.2, -0.15) is 0 Å². The number of carbonyl (C=O) groups excluding carboxylic acids is 1. The van der Waals surface area contributed by atoms with E-state index in [0.29, 0.717) is 27.5 Å². The smallest absolute Gasteiger partial charge is 0.275 e. The van der Waals surface area contributed by atoms with Crippen LogP contribution in [0, 0.1) is 0 Å². The summed E-state index contributed by atoms with van der Waals surface area (Å²) in [5.41, 5.74) is 0.580. The number of carbonyl (C=O) groups is 1. The molecule has 0 spiro atoms. The van der Waals surface area contributed by atoms with Crippen LogP contribution in [-0.4, -0.2) is 22.5 Å². The van der Waals surface area contributed by atoms with Gasteiger partial charge in [-0.3, -0.25) is 4.79 Å². The van der Waals surface area contributed by atoms with Crippen LogP contribution >= 0.6 is 39.1 Å². The maximum absolute atomic E-state index is 12.1. The number of amides is 1. The summed E-state index contributed by atoms with van der Waals surface area (Å²) in [6.45, 7) is 2.29. The molecule has 0 unspecified atom stereocenters. The number of hydrogen-bond donors (Lipinski definition) is 1. The molecule has 1 N–H and O–H groups in total. The summed E-state index contributed by atoms with van der Waals surface area (Å²) in [7, 11) is 0. The van der Waals surface area contributed by atoms with E-state index in [0.717, 1.165) is 0 Å². The molecule has 0 aliphatic rings. The van der Waals surface area contributed by atoms with E-state index in [1.54, 1.807) is 12.1 Å². The van der Waals surface area contributed by atoms with Gasteiger partial charge in [0.05, 0.1) is 29.2 Å². The molecule has 1 aromatic carbocycles. The molecular formula is C13H10BrCl2N3O2. The number of nitrogens with one attached hydrogen (secondary N) is 1. The van der Waals surface area contributed by atoms with E-state index < -0.39 is 5.91 Å². The van der Waals surface area contributed by atoms with Gasteiger partial charge in [0.1, 0.15) is 10.8 Å². The first-order valence-electron chi connectivity index (χ1n) is 5.92. The summed E-state index contributed by atoms with van der Waals surface area (Å²) in [5.74, 6) is 0.0615. The highest BCUT2D eigenvalue weighted by Crippen LogP contribution is 2.36. The van der Waals surface area contributed by atoms with E-state index >= 15 is 0 Å². The topological polar surface area (TPSA) is 64.1 Å². The van der Waals surface area contributed by atoms with Crippen LogP contribution in [0.5, 0.6) is 5.75 Å². The van der Waals surface area contributed by atoms with E-state index in [-0.39, 0.29) is 10.8 Å². The third kappa shape index (κ3) is 4.06. The summed E-state index contributed by atoms with van der Waals surface area (Å²) in [4.78, 5) is 19.8. The Bertz CT molecular complexity index is 665. The zero-order valence-corrected chi connectivity index (χ0v) is 14.0. The number of hydrogen-bond acceptors (Lipinski definition) is 4. The highest BCUT2D eigenvalue weighted by atomic mass is 79.9. The predicted molar refractivity (Wildman–Crippen MR) is 85.3 cm³/mol. The molecule has 8 heteroatoms. The standard InChI is InChI=1S/C13H10BrCl2N3O2/c1-2-21-12-8(14)3-7(15)4-9(12)19-13(20)10-5-18-11(16)6-17-10/h3-6H,2H2,1H3,(H,19,20). The molecular weight excluding hydrogens is 381 g/mol. The Morgan fingerprint density at radius 2 is 2.10 bits per heavy atom. The molecule has 0 aliphatic heterocycles. The van der Waals surface area contributed by atoms with Crippen molar-refractivity contribution >= 4 is 50.7 Å². The van der Waals surface area contributed by atoms with Crippen LogP contribution in [-0.2, 0) is 0 Å². The van der Waals surface area contributed by atoms with Gasteiger partial charge in [0.25, 0.3) is 5.91 Å². The van der Waals surface area contributed by atoms with Crippen LogP contribution in [0.15, 0.2) is 29.0 Å². The average molecular weight is 391 g/mol. The lowest BCUT2D eigenvalue weighted by Crippen LogP contribution is -2.15. The molecule has 110 valence electrons. The number of benzene rings is 1. The van der Waals surface area contributed by atoms with Gasteiger partial charge < -0.3 is 10.1 Å². The molecule has 21 heavy (non-hydrogen) atoms. The molecule has 0 radical (unpaired) electrons. The minimum Gasteiger partial charge on any atom is -0.491 e. The first-order chi connectivity index (χ1) is 10.0. The van der Waals surface area contributed by atoms with E-state index in [1.165, 1.54) is 12.4 Å². The van der Waals surface area contributed by atoms with Crippen molar-refractivity contribution in [1.82, 2.24) is 9.97 Å². The van der Waals surface area contributed by atoms with Crippen LogP contribution in [0.2, 0.25) is 10.2 Å². The summed E-state index contributed by atoms with van der Waals surface area (Å²) >= 11 is 15.0. The van der Waals surface area contributed by atoms with E-state index in [2.05, 4.69) is 31.2 Å². The van der Waals surface area contributed by atoms with Crippen LogP contribution in [0.3, 0.4) is 0 Å². The van der Waals surface area contributed by atoms with Crippen LogP contribution in [0.1, 0.15) is 17.4 Å².